The molecule has 94 valence electrons. The highest BCUT2D eigenvalue weighted by Gasteiger charge is 2.21. The molecular weight excluding hydrogens is 240 g/mol. The van der Waals surface area contributed by atoms with Gasteiger partial charge in [-0.15, -0.1) is 0 Å². The largest absolute Gasteiger partial charge is 0.398 e. The fraction of sp³-hybridized carbons (Fsp3) is 0.364. The number of amides is 1. The molecule has 0 bridgehead atoms. The van der Waals surface area contributed by atoms with Gasteiger partial charge in [-0.2, -0.15) is 0 Å². The molecule has 0 aliphatic heterocycles. The van der Waals surface area contributed by atoms with Crippen molar-refractivity contribution >= 4 is 21.4 Å². The van der Waals surface area contributed by atoms with E-state index in [4.69, 9.17) is 5.73 Å². The lowest BCUT2D eigenvalue weighted by Crippen LogP contribution is -2.30. The number of benzene rings is 1. The number of rotatable bonds is 4. The zero-order valence-corrected chi connectivity index (χ0v) is 10.7. The van der Waals surface area contributed by atoms with Gasteiger partial charge in [0, 0.05) is 6.54 Å². The van der Waals surface area contributed by atoms with E-state index < -0.39 is 21.5 Å². The van der Waals surface area contributed by atoms with Crippen molar-refractivity contribution in [3.05, 3.63) is 23.8 Å². The van der Waals surface area contributed by atoms with Crippen molar-refractivity contribution in [2.45, 2.75) is 18.7 Å². The van der Waals surface area contributed by atoms with Crippen LogP contribution in [0.25, 0.3) is 0 Å². The molecule has 0 aromatic heterocycles. The standard InChI is InChI=1S/C11H16N2O3S/c1-3-13-11(14)7-17(15,16)10-6-8(2)4-5-9(10)12/h4-6H,3,7,12H2,1-2H3,(H,13,14). The topological polar surface area (TPSA) is 89.3 Å². The normalized spacial score (nSPS) is 11.2. The smallest absolute Gasteiger partial charge is 0.235 e. The molecule has 0 saturated carbocycles. The van der Waals surface area contributed by atoms with Crippen LogP contribution in [-0.2, 0) is 14.6 Å². The van der Waals surface area contributed by atoms with Crippen LogP contribution in [0, 0.1) is 6.92 Å². The SMILES string of the molecule is CCNC(=O)CS(=O)(=O)c1cc(C)ccc1N. The summed E-state index contributed by atoms with van der Waals surface area (Å²) >= 11 is 0. The molecule has 0 aliphatic rings. The summed E-state index contributed by atoms with van der Waals surface area (Å²) in [7, 11) is -3.67. The van der Waals surface area contributed by atoms with Gasteiger partial charge in [0.05, 0.1) is 10.6 Å². The highest BCUT2D eigenvalue weighted by Crippen LogP contribution is 2.20. The number of nitrogen functional groups attached to an aromatic ring is 1. The van der Waals surface area contributed by atoms with Crippen molar-refractivity contribution < 1.29 is 13.2 Å². The van der Waals surface area contributed by atoms with Gasteiger partial charge in [-0.3, -0.25) is 4.79 Å². The van der Waals surface area contributed by atoms with Crippen LogP contribution >= 0.6 is 0 Å². The summed E-state index contributed by atoms with van der Waals surface area (Å²) in [5, 5.41) is 2.45. The van der Waals surface area contributed by atoms with Crippen molar-refractivity contribution in [2.75, 3.05) is 18.0 Å². The average Bonchev–Trinajstić information content (AvgIpc) is 2.21. The van der Waals surface area contributed by atoms with Gasteiger partial charge in [-0.05, 0) is 31.5 Å². The summed E-state index contributed by atoms with van der Waals surface area (Å²) in [6, 6.07) is 4.73. The van der Waals surface area contributed by atoms with Crippen LogP contribution in [0.15, 0.2) is 23.1 Å². The average molecular weight is 256 g/mol. The van der Waals surface area contributed by atoms with E-state index in [0.29, 0.717) is 6.54 Å². The van der Waals surface area contributed by atoms with E-state index in [1.807, 2.05) is 0 Å². The molecule has 0 fully saturated rings. The summed E-state index contributed by atoms with van der Waals surface area (Å²) in [6.45, 7) is 3.90. The number of hydrogen-bond donors (Lipinski definition) is 2. The second-order valence-corrected chi connectivity index (χ2v) is 5.71. The van der Waals surface area contributed by atoms with Crippen LogP contribution in [0.4, 0.5) is 5.69 Å². The second kappa shape index (κ2) is 5.18. The zero-order valence-electron chi connectivity index (χ0n) is 9.86. The Hall–Kier alpha value is -1.56. The van der Waals surface area contributed by atoms with E-state index >= 15 is 0 Å². The summed E-state index contributed by atoms with van der Waals surface area (Å²) in [5.74, 6) is -1.09. The van der Waals surface area contributed by atoms with Crippen molar-refractivity contribution in [3.8, 4) is 0 Å². The number of carbonyl (C=O) groups excluding carboxylic acids is 1. The Labute approximate surface area is 101 Å². The first kappa shape index (κ1) is 13.5. The lowest BCUT2D eigenvalue weighted by molar-refractivity contribution is -0.118. The number of aryl methyl sites for hydroxylation is 1. The van der Waals surface area contributed by atoms with Crippen molar-refractivity contribution in [3.63, 3.8) is 0 Å². The number of sulfone groups is 1. The summed E-state index contributed by atoms with van der Waals surface area (Å²) in [6.07, 6.45) is 0. The minimum atomic E-state index is -3.67. The van der Waals surface area contributed by atoms with E-state index in [1.165, 1.54) is 12.1 Å². The Morgan fingerprint density at radius 2 is 2.06 bits per heavy atom. The van der Waals surface area contributed by atoms with Crippen molar-refractivity contribution in [1.29, 1.82) is 0 Å². The van der Waals surface area contributed by atoms with Gasteiger partial charge >= 0.3 is 0 Å². The molecule has 0 aliphatic carbocycles. The fourth-order valence-electron chi connectivity index (χ4n) is 1.41. The van der Waals surface area contributed by atoms with Crippen LogP contribution < -0.4 is 11.1 Å². The lowest BCUT2D eigenvalue weighted by Gasteiger charge is -2.08. The third-order valence-corrected chi connectivity index (χ3v) is 3.87. The van der Waals surface area contributed by atoms with E-state index in [1.54, 1.807) is 19.9 Å². The van der Waals surface area contributed by atoms with Crippen LogP contribution in [0.2, 0.25) is 0 Å². The molecule has 0 radical (unpaired) electrons. The quantitative estimate of drug-likeness (QED) is 0.767. The first-order valence-electron chi connectivity index (χ1n) is 5.22. The molecule has 0 atom stereocenters. The molecule has 6 heteroatoms. The van der Waals surface area contributed by atoms with E-state index in [2.05, 4.69) is 5.32 Å². The summed E-state index contributed by atoms with van der Waals surface area (Å²) in [5.41, 5.74) is 6.57. The number of anilines is 1. The number of nitrogens with one attached hydrogen (secondary N) is 1. The zero-order chi connectivity index (χ0) is 13.1. The first-order chi connectivity index (χ1) is 7.86. The molecule has 3 N–H and O–H groups in total. The molecular formula is C11H16N2O3S. The van der Waals surface area contributed by atoms with Gasteiger partial charge in [0.15, 0.2) is 9.84 Å². The fourth-order valence-corrected chi connectivity index (χ4v) is 2.80. The first-order valence-corrected chi connectivity index (χ1v) is 6.87. The Kier molecular flexibility index (Phi) is 4.11. The molecule has 1 amide bonds. The van der Waals surface area contributed by atoms with Gasteiger partial charge < -0.3 is 11.1 Å². The third kappa shape index (κ3) is 3.45. The minimum absolute atomic E-state index is 0.0174. The maximum absolute atomic E-state index is 11.9. The minimum Gasteiger partial charge on any atom is -0.398 e. The predicted octanol–water partition coefficient (Wildman–Crippen LogP) is 0.487. The van der Waals surface area contributed by atoms with E-state index in [9.17, 15) is 13.2 Å². The Morgan fingerprint density at radius 1 is 1.41 bits per heavy atom. The Morgan fingerprint density at radius 3 is 2.65 bits per heavy atom. The molecule has 0 saturated heterocycles. The maximum atomic E-state index is 11.9. The Balaban J connectivity index is 3.05. The molecule has 0 heterocycles. The van der Waals surface area contributed by atoms with Gasteiger partial charge in [-0.1, -0.05) is 6.07 Å². The van der Waals surface area contributed by atoms with E-state index in [-0.39, 0.29) is 10.6 Å². The number of hydrogen-bond acceptors (Lipinski definition) is 4. The molecule has 1 aromatic rings. The van der Waals surface area contributed by atoms with Crippen LogP contribution in [0.5, 0.6) is 0 Å². The third-order valence-electron chi connectivity index (χ3n) is 2.20. The van der Waals surface area contributed by atoms with Crippen LogP contribution in [0.1, 0.15) is 12.5 Å². The highest BCUT2D eigenvalue weighted by atomic mass is 32.2. The Bertz CT molecular complexity index is 524. The highest BCUT2D eigenvalue weighted by molar-refractivity contribution is 7.92. The number of nitrogens with two attached hydrogens (primary N) is 1. The molecule has 1 rings (SSSR count). The molecule has 0 unspecified atom stereocenters. The maximum Gasteiger partial charge on any atom is 0.235 e. The second-order valence-electron chi connectivity index (χ2n) is 3.75. The lowest BCUT2D eigenvalue weighted by atomic mass is 10.2. The molecule has 0 spiro atoms. The molecule has 17 heavy (non-hydrogen) atoms. The molecule has 1 aromatic carbocycles. The monoisotopic (exact) mass is 256 g/mol. The summed E-state index contributed by atoms with van der Waals surface area (Å²) < 4.78 is 23.9. The van der Waals surface area contributed by atoms with Crippen molar-refractivity contribution in [2.24, 2.45) is 0 Å². The van der Waals surface area contributed by atoms with Gasteiger partial charge in [0.1, 0.15) is 5.75 Å². The van der Waals surface area contributed by atoms with Gasteiger partial charge in [0.25, 0.3) is 0 Å². The van der Waals surface area contributed by atoms with E-state index in [0.717, 1.165) is 5.56 Å². The van der Waals surface area contributed by atoms with Gasteiger partial charge in [-0.25, -0.2) is 8.42 Å². The van der Waals surface area contributed by atoms with Gasteiger partial charge in [0.2, 0.25) is 5.91 Å². The predicted molar refractivity (Wildman–Crippen MR) is 66.3 cm³/mol. The van der Waals surface area contributed by atoms with Crippen molar-refractivity contribution in [1.82, 2.24) is 5.32 Å². The van der Waals surface area contributed by atoms with Crippen LogP contribution in [0.3, 0.4) is 0 Å². The number of carbonyl (C=O) groups is 1. The van der Waals surface area contributed by atoms with Crippen LogP contribution in [-0.4, -0.2) is 26.6 Å². The molecule has 5 nitrogen and oxygen atoms in total. The summed E-state index contributed by atoms with van der Waals surface area (Å²) in [4.78, 5) is 11.3.